The average Bonchev–Trinajstić information content (AvgIpc) is 3.26. The Labute approximate surface area is 135 Å². The van der Waals surface area contributed by atoms with Gasteiger partial charge in [-0.2, -0.15) is 0 Å². The van der Waals surface area contributed by atoms with Crippen molar-refractivity contribution in [2.45, 2.75) is 25.5 Å². The van der Waals surface area contributed by atoms with E-state index in [1.807, 2.05) is 17.0 Å². The number of ether oxygens (including phenoxy) is 3. The monoisotopic (exact) mass is 318 g/mol. The van der Waals surface area contributed by atoms with Crippen molar-refractivity contribution >= 4 is 5.91 Å². The molecule has 4 rings (SSSR count). The van der Waals surface area contributed by atoms with Gasteiger partial charge >= 0.3 is 0 Å². The second-order valence-corrected chi connectivity index (χ2v) is 6.29. The second kappa shape index (κ2) is 6.37. The van der Waals surface area contributed by atoms with Crippen LogP contribution in [0.5, 0.6) is 11.5 Å². The smallest absolute Gasteiger partial charge is 0.251 e. The average molecular weight is 318 g/mol. The van der Waals surface area contributed by atoms with Crippen molar-refractivity contribution in [2.24, 2.45) is 0 Å². The zero-order chi connectivity index (χ0) is 15.6. The maximum Gasteiger partial charge on any atom is 0.251 e. The van der Waals surface area contributed by atoms with Gasteiger partial charge in [0, 0.05) is 39.3 Å². The van der Waals surface area contributed by atoms with Crippen LogP contribution in [0.25, 0.3) is 0 Å². The van der Waals surface area contributed by atoms with Gasteiger partial charge in [-0.3, -0.25) is 9.69 Å². The van der Waals surface area contributed by atoms with E-state index in [9.17, 15) is 4.79 Å². The number of carbonyl (C=O) groups excluding carboxylic acids is 1. The summed E-state index contributed by atoms with van der Waals surface area (Å²) in [4.78, 5) is 16.7. The molecule has 3 aliphatic rings. The van der Waals surface area contributed by atoms with E-state index in [-0.39, 0.29) is 12.0 Å². The number of nitrogens with zero attached hydrogens (tertiary/aromatic N) is 2. The summed E-state index contributed by atoms with van der Waals surface area (Å²) >= 11 is 0. The summed E-state index contributed by atoms with van der Waals surface area (Å²) in [7, 11) is 0. The highest BCUT2D eigenvalue weighted by Crippen LogP contribution is 2.32. The molecule has 23 heavy (non-hydrogen) atoms. The molecule has 124 valence electrons. The maximum absolute atomic E-state index is 12.3. The predicted octanol–water partition coefficient (Wildman–Crippen LogP) is 1.24. The zero-order valence-corrected chi connectivity index (χ0v) is 13.2. The third-order valence-electron chi connectivity index (χ3n) is 4.73. The van der Waals surface area contributed by atoms with Crippen LogP contribution in [-0.4, -0.2) is 61.4 Å². The first-order chi connectivity index (χ1) is 11.3. The molecule has 6 heteroatoms. The fourth-order valence-electron chi connectivity index (χ4n) is 3.40. The Balaban J connectivity index is 1.30. The molecule has 1 aromatic rings. The van der Waals surface area contributed by atoms with Crippen LogP contribution in [0.1, 0.15) is 18.4 Å². The zero-order valence-electron chi connectivity index (χ0n) is 13.2. The number of carbonyl (C=O) groups is 1. The summed E-state index contributed by atoms with van der Waals surface area (Å²) in [6.07, 6.45) is 1.67. The van der Waals surface area contributed by atoms with Crippen LogP contribution in [0.4, 0.5) is 0 Å². The van der Waals surface area contributed by atoms with E-state index >= 15 is 0 Å². The molecule has 1 aromatic carbocycles. The van der Waals surface area contributed by atoms with Crippen molar-refractivity contribution in [3.63, 3.8) is 0 Å². The number of rotatable bonds is 3. The lowest BCUT2D eigenvalue weighted by Gasteiger charge is -2.35. The van der Waals surface area contributed by atoms with Crippen LogP contribution in [0.2, 0.25) is 0 Å². The molecular weight excluding hydrogens is 296 g/mol. The van der Waals surface area contributed by atoms with Gasteiger partial charge in [-0.15, -0.1) is 0 Å². The van der Waals surface area contributed by atoms with Crippen LogP contribution in [0.15, 0.2) is 18.2 Å². The Bertz CT molecular complexity index is 578. The lowest BCUT2D eigenvalue weighted by atomic mass is 10.1. The van der Waals surface area contributed by atoms with Gasteiger partial charge in [-0.25, -0.2) is 0 Å². The summed E-state index contributed by atoms with van der Waals surface area (Å²) in [5.74, 6) is 1.82. The highest BCUT2D eigenvalue weighted by Gasteiger charge is 2.30. The van der Waals surface area contributed by atoms with Crippen LogP contribution in [0, 0.1) is 0 Å². The number of amides is 1. The quantitative estimate of drug-likeness (QED) is 0.839. The van der Waals surface area contributed by atoms with E-state index in [0.717, 1.165) is 63.7 Å². The molecule has 1 atom stereocenters. The van der Waals surface area contributed by atoms with Crippen LogP contribution in [0.3, 0.4) is 0 Å². The SMILES string of the molecule is O=C([C@@H]1CCCO1)N1CCN(Cc2ccc3c(c2)OCO3)CC1. The molecular formula is C17H22N2O4. The molecule has 0 spiro atoms. The number of hydrogen-bond donors (Lipinski definition) is 0. The van der Waals surface area contributed by atoms with Crippen LogP contribution >= 0.6 is 0 Å². The maximum atomic E-state index is 12.3. The van der Waals surface area contributed by atoms with Gasteiger partial charge in [0.1, 0.15) is 6.10 Å². The summed E-state index contributed by atoms with van der Waals surface area (Å²) in [6, 6.07) is 6.10. The van der Waals surface area contributed by atoms with Crippen molar-refractivity contribution < 1.29 is 19.0 Å². The number of piperazine rings is 1. The van der Waals surface area contributed by atoms with Crippen molar-refractivity contribution in [2.75, 3.05) is 39.6 Å². The highest BCUT2D eigenvalue weighted by atomic mass is 16.7. The number of hydrogen-bond acceptors (Lipinski definition) is 5. The molecule has 0 aromatic heterocycles. The highest BCUT2D eigenvalue weighted by molar-refractivity contribution is 5.81. The molecule has 3 heterocycles. The summed E-state index contributed by atoms with van der Waals surface area (Å²) < 4.78 is 16.3. The first-order valence-corrected chi connectivity index (χ1v) is 8.31. The summed E-state index contributed by atoms with van der Waals surface area (Å²) in [6.45, 7) is 5.26. The lowest BCUT2D eigenvalue weighted by Crippen LogP contribution is -2.51. The molecule has 6 nitrogen and oxygen atoms in total. The van der Waals surface area contributed by atoms with E-state index in [2.05, 4.69) is 11.0 Å². The van der Waals surface area contributed by atoms with E-state index in [0.29, 0.717) is 6.79 Å². The van der Waals surface area contributed by atoms with Crippen LogP contribution in [-0.2, 0) is 16.1 Å². The van der Waals surface area contributed by atoms with Gasteiger partial charge in [0.15, 0.2) is 11.5 Å². The molecule has 0 radical (unpaired) electrons. The number of benzene rings is 1. The van der Waals surface area contributed by atoms with Gasteiger partial charge < -0.3 is 19.1 Å². The largest absolute Gasteiger partial charge is 0.454 e. The minimum absolute atomic E-state index is 0.172. The van der Waals surface area contributed by atoms with E-state index in [4.69, 9.17) is 14.2 Å². The first-order valence-electron chi connectivity index (χ1n) is 8.31. The fraction of sp³-hybridized carbons (Fsp3) is 0.588. The van der Waals surface area contributed by atoms with Gasteiger partial charge in [-0.1, -0.05) is 6.07 Å². The van der Waals surface area contributed by atoms with Crippen molar-refractivity contribution in [1.29, 1.82) is 0 Å². The fourth-order valence-corrected chi connectivity index (χ4v) is 3.40. The van der Waals surface area contributed by atoms with Crippen molar-refractivity contribution in [1.82, 2.24) is 9.80 Å². The molecule has 0 bridgehead atoms. The van der Waals surface area contributed by atoms with Gasteiger partial charge in [0.25, 0.3) is 5.91 Å². The third kappa shape index (κ3) is 3.14. The molecule has 0 unspecified atom stereocenters. The summed E-state index contributed by atoms with van der Waals surface area (Å²) in [5.41, 5.74) is 1.22. The Morgan fingerprint density at radius 3 is 2.74 bits per heavy atom. The first kappa shape index (κ1) is 14.8. The minimum Gasteiger partial charge on any atom is -0.454 e. The van der Waals surface area contributed by atoms with E-state index < -0.39 is 0 Å². The van der Waals surface area contributed by atoms with Crippen molar-refractivity contribution in [3.8, 4) is 11.5 Å². The van der Waals surface area contributed by atoms with E-state index in [1.54, 1.807) is 0 Å². The molecule has 1 amide bonds. The molecule has 0 saturated carbocycles. The molecule has 2 fully saturated rings. The molecule has 0 N–H and O–H groups in total. The Kier molecular flexibility index (Phi) is 4.10. The Morgan fingerprint density at radius 1 is 1.13 bits per heavy atom. The number of fused-ring (bicyclic) bond motifs is 1. The van der Waals surface area contributed by atoms with Gasteiger partial charge in [0.2, 0.25) is 6.79 Å². The normalized spacial score (nSPS) is 24.2. The van der Waals surface area contributed by atoms with Crippen LogP contribution < -0.4 is 9.47 Å². The van der Waals surface area contributed by atoms with E-state index in [1.165, 1.54) is 5.56 Å². The minimum atomic E-state index is -0.199. The van der Waals surface area contributed by atoms with Crippen molar-refractivity contribution in [3.05, 3.63) is 23.8 Å². The molecule has 2 saturated heterocycles. The van der Waals surface area contributed by atoms with Gasteiger partial charge in [0.05, 0.1) is 0 Å². The van der Waals surface area contributed by atoms with Gasteiger partial charge in [-0.05, 0) is 30.5 Å². The Hall–Kier alpha value is -1.79. The third-order valence-corrected chi connectivity index (χ3v) is 4.73. The predicted molar refractivity (Wildman–Crippen MR) is 83.4 cm³/mol. The Morgan fingerprint density at radius 2 is 1.96 bits per heavy atom. The summed E-state index contributed by atoms with van der Waals surface area (Å²) in [5, 5.41) is 0. The molecule has 3 aliphatic heterocycles. The lowest BCUT2D eigenvalue weighted by molar-refractivity contribution is -0.142. The second-order valence-electron chi connectivity index (χ2n) is 6.29. The standard InChI is InChI=1S/C17H22N2O4/c20-17(15-2-1-9-21-15)19-7-5-18(6-8-19)11-13-3-4-14-16(10-13)23-12-22-14/h3-4,10,15H,1-2,5-9,11-12H2/t15-/m0/s1. The topological polar surface area (TPSA) is 51.2 Å². The molecule has 0 aliphatic carbocycles.